The van der Waals surface area contributed by atoms with Gasteiger partial charge in [0.05, 0.1) is 5.52 Å². The van der Waals surface area contributed by atoms with Crippen LogP contribution in [0.25, 0.3) is 33.1 Å². The Bertz CT molecular complexity index is 1000. The number of nitrogens with one attached hydrogen (secondary N) is 2. The lowest BCUT2D eigenvalue weighted by atomic mass is 10.0. The van der Waals surface area contributed by atoms with Gasteiger partial charge in [0.25, 0.3) is 0 Å². The molecule has 6 heteroatoms. The molecule has 23 heavy (non-hydrogen) atoms. The summed E-state index contributed by atoms with van der Waals surface area (Å²) in [6.45, 7) is 0. The number of para-hydroxylation sites is 1. The fourth-order valence-electron chi connectivity index (χ4n) is 2.92. The molecule has 1 aliphatic rings. The molecule has 4 aromatic rings. The molecule has 0 spiro atoms. The highest BCUT2D eigenvalue weighted by atomic mass is 15.2. The molecular formula is C17H14N6. The second-order valence-electron chi connectivity index (χ2n) is 5.82. The number of hydrogen-bond donors (Lipinski definition) is 2. The summed E-state index contributed by atoms with van der Waals surface area (Å²) in [4.78, 5) is 13.5. The third-order valence-corrected chi connectivity index (χ3v) is 4.20. The van der Waals surface area contributed by atoms with Gasteiger partial charge < -0.3 is 5.32 Å². The topological polar surface area (TPSA) is 79.4 Å². The van der Waals surface area contributed by atoms with Gasteiger partial charge in [0, 0.05) is 40.2 Å². The Morgan fingerprint density at radius 3 is 2.87 bits per heavy atom. The first kappa shape index (κ1) is 12.5. The second-order valence-corrected chi connectivity index (χ2v) is 5.82. The predicted octanol–water partition coefficient (Wildman–Crippen LogP) is 3.14. The summed E-state index contributed by atoms with van der Waals surface area (Å²) in [5.41, 5.74) is 1.82. The molecule has 0 radical (unpaired) electrons. The largest absolute Gasteiger partial charge is 0.367 e. The molecule has 0 saturated heterocycles. The van der Waals surface area contributed by atoms with Crippen molar-refractivity contribution in [3.05, 3.63) is 43.0 Å². The van der Waals surface area contributed by atoms with E-state index in [0.29, 0.717) is 11.9 Å². The van der Waals surface area contributed by atoms with E-state index in [1.165, 1.54) is 12.8 Å². The molecule has 0 bridgehead atoms. The standard InChI is InChI=1S/C17H14N6/c1-2-11-14-8-18-7-6-12(14)17(21-10-4-5-10)22-15(11)13(3-1)16-19-9-20-23-16/h1-3,6-10H,4-5H2,(H,21,22)(H,19,20,23). The highest BCUT2D eigenvalue weighted by Crippen LogP contribution is 2.35. The minimum absolute atomic E-state index is 0.534. The van der Waals surface area contributed by atoms with Crippen molar-refractivity contribution in [1.82, 2.24) is 25.1 Å². The molecule has 0 amide bonds. The molecule has 5 rings (SSSR count). The van der Waals surface area contributed by atoms with Crippen molar-refractivity contribution in [2.75, 3.05) is 5.32 Å². The summed E-state index contributed by atoms with van der Waals surface area (Å²) in [7, 11) is 0. The van der Waals surface area contributed by atoms with Crippen LogP contribution in [0.15, 0.2) is 43.0 Å². The Hall–Kier alpha value is -3.02. The summed E-state index contributed by atoms with van der Waals surface area (Å²) in [5.74, 6) is 1.57. The van der Waals surface area contributed by atoms with Crippen molar-refractivity contribution in [3.8, 4) is 11.4 Å². The Kier molecular flexibility index (Phi) is 2.58. The second kappa shape index (κ2) is 4.74. The van der Waals surface area contributed by atoms with Crippen LogP contribution in [0, 0.1) is 0 Å². The van der Waals surface area contributed by atoms with Crippen LogP contribution in [-0.4, -0.2) is 31.2 Å². The number of nitrogens with zero attached hydrogens (tertiary/aromatic N) is 4. The normalized spacial score (nSPS) is 14.4. The quantitative estimate of drug-likeness (QED) is 0.568. The van der Waals surface area contributed by atoms with Crippen molar-refractivity contribution in [3.63, 3.8) is 0 Å². The summed E-state index contributed by atoms with van der Waals surface area (Å²) >= 11 is 0. The lowest BCUT2D eigenvalue weighted by Crippen LogP contribution is -2.04. The van der Waals surface area contributed by atoms with Gasteiger partial charge in [-0.3, -0.25) is 10.1 Å². The molecule has 1 saturated carbocycles. The number of rotatable bonds is 3. The van der Waals surface area contributed by atoms with Crippen molar-refractivity contribution in [2.24, 2.45) is 0 Å². The molecule has 3 aromatic heterocycles. The number of hydrogen-bond acceptors (Lipinski definition) is 5. The minimum atomic E-state index is 0.534. The first-order valence-corrected chi connectivity index (χ1v) is 7.69. The summed E-state index contributed by atoms with van der Waals surface area (Å²) < 4.78 is 0. The zero-order valence-electron chi connectivity index (χ0n) is 12.3. The first-order valence-electron chi connectivity index (χ1n) is 7.69. The highest BCUT2D eigenvalue weighted by molar-refractivity contribution is 6.12. The van der Waals surface area contributed by atoms with Crippen LogP contribution >= 0.6 is 0 Å². The fourth-order valence-corrected chi connectivity index (χ4v) is 2.92. The molecule has 6 nitrogen and oxygen atoms in total. The van der Waals surface area contributed by atoms with Gasteiger partial charge in [-0.25, -0.2) is 9.97 Å². The molecule has 0 atom stereocenters. The van der Waals surface area contributed by atoms with E-state index in [4.69, 9.17) is 4.98 Å². The monoisotopic (exact) mass is 302 g/mol. The molecule has 1 aromatic carbocycles. The number of H-pyrrole nitrogens is 1. The van der Waals surface area contributed by atoms with Crippen molar-refractivity contribution in [2.45, 2.75) is 18.9 Å². The van der Waals surface area contributed by atoms with Gasteiger partial charge >= 0.3 is 0 Å². The Morgan fingerprint density at radius 2 is 2.04 bits per heavy atom. The Balaban J connectivity index is 1.86. The maximum Gasteiger partial charge on any atom is 0.183 e. The highest BCUT2D eigenvalue weighted by Gasteiger charge is 2.23. The third-order valence-electron chi connectivity index (χ3n) is 4.20. The fraction of sp³-hybridized carbons (Fsp3) is 0.176. The van der Waals surface area contributed by atoms with Crippen LogP contribution in [-0.2, 0) is 0 Å². The van der Waals surface area contributed by atoms with Crippen LogP contribution in [0.2, 0.25) is 0 Å². The molecule has 1 fully saturated rings. The average Bonchev–Trinajstić information content (AvgIpc) is 3.24. The van der Waals surface area contributed by atoms with Gasteiger partial charge in [-0.1, -0.05) is 12.1 Å². The predicted molar refractivity (Wildman–Crippen MR) is 89.1 cm³/mol. The molecule has 112 valence electrons. The van der Waals surface area contributed by atoms with E-state index in [0.717, 1.165) is 33.1 Å². The maximum atomic E-state index is 4.91. The van der Waals surface area contributed by atoms with Crippen molar-refractivity contribution >= 4 is 27.5 Å². The van der Waals surface area contributed by atoms with E-state index in [1.807, 2.05) is 30.6 Å². The number of pyridine rings is 2. The zero-order valence-corrected chi connectivity index (χ0v) is 12.3. The van der Waals surface area contributed by atoms with Gasteiger partial charge in [-0.2, -0.15) is 5.10 Å². The van der Waals surface area contributed by atoms with Crippen LogP contribution in [0.4, 0.5) is 5.82 Å². The van der Waals surface area contributed by atoms with Crippen molar-refractivity contribution < 1.29 is 0 Å². The van der Waals surface area contributed by atoms with Gasteiger partial charge in [-0.15, -0.1) is 0 Å². The van der Waals surface area contributed by atoms with Crippen LogP contribution in [0.1, 0.15) is 12.8 Å². The molecule has 1 aliphatic carbocycles. The van der Waals surface area contributed by atoms with Crippen molar-refractivity contribution in [1.29, 1.82) is 0 Å². The number of aromatic nitrogens is 5. The van der Waals surface area contributed by atoms with E-state index < -0.39 is 0 Å². The average molecular weight is 302 g/mol. The Labute approximate surface area is 132 Å². The summed E-state index contributed by atoms with van der Waals surface area (Å²) in [6.07, 6.45) is 7.70. The van der Waals surface area contributed by atoms with Gasteiger partial charge in [0.2, 0.25) is 0 Å². The van der Waals surface area contributed by atoms with Crippen LogP contribution < -0.4 is 5.32 Å². The SMILES string of the molecule is c1cc(-c2nc[nH]n2)c2nc(NC3CC3)c3ccncc3c2c1. The van der Waals surface area contributed by atoms with Crippen LogP contribution in [0.3, 0.4) is 0 Å². The lowest BCUT2D eigenvalue weighted by Gasteiger charge is -2.12. The minimum Gasteiger partial charge on any atom is -0.367 e. The molecular weight excluding hydrogens is 288 g/mol. The van der Waals surface area contributed by atoms with Gasteiger partial charge in [0.15, 0.2) is 5.82 Å². The third kappa shape index (κ3) is 2.03. The molecule has 2 N–H and O–H groups in total. The van der Waals surface area contributed by atoms with E-state index in [2.05, 4.69) is 31.5 Å². The van der Waals surface area contributed by atoms with E-state index >= 15 is 0 Å². The zero-order chi connectivity index (χ0) is 15.2. The maximum absolute atomic E-state index is 4.91. The Morgan fingerprint density at radius 1 is 1.09 bits per heavy atom. The van der Waals surface area contributed by atoms with E-state index in [-0.39, 0.29) is 0 Å². The van der Waals surface area contributed by atoms with Gasteiger partial charge in [0.1, 0.15) is 12.1 Å². The van der Waals surface area contributed by atoms with E-state index in [9.17, 15) is 0 Å². The number of anilines is 1. The number of fused-ring (bicyclic) bond motifs is 3. The number of benzene rings is 1. The summed E-state index contributed by atoms with van der Waals surface area (Å²) in [5, 5.41) is 13.8. The van der Waals surface area contributed by atoms with Crippen LogP contribution in [0.5, 0.6) is 0 Å². The lowest BCUT2D eigenvalue weighted by molar-refractivity contribution is 1.09. The van der Waals surface area contributed by atoms with E-state index in [1.54, 1.807) is 6.33 Å². The van der Waals surface area contributed by atoms with Gasteiger partial charge in [-0.05, 0) is 25.0 Å². The molecule has 3 heterocycles. The smallest absolute Gasteiger partial charge is 0.183 e. The number of aromatic amines is 1. The first-order chi connectivity index (χ1) is 11.4. The molecule has 0 aliphatic heterocycles. The summed E-state index contributed by atoms with van der Waals surface area (Å²) in [6, 6.07) is 8.64. The molecule has 0 unspecified atom stereocenters.